The van der Waals surface area contributed by atoms with Crippen LogP contribution in [-0.4, -0.2) is 34.0 Å². The Bertz CT molecular complexity index is 792. The second-order valence-electron chi connectivity index (χ2n) is 6.58. The molecule has 1 amide bonds. The number of carbonyl (C=O) groups is 1. The quantitative estimate of drug-likeness (QED) is 0.600. The van der Waals surface area contributed by atoms with E-state index < -0.39 is 4.92 Å². The van der Waals surface area contributed by atoms with E-state index in [0.29, 0.717) is 36.1 Å². The van der Waals surface area contributed by atoms with Gasteiger partial charge in [-0.15, -0.1) is 0 Å². The number of nitro benzene ring substituents is 1. The van der Waals surface area contributed by atoms with Crippen LogP contribution in [0.25, 0.3) is 0 Å². The average molecular weight is 359 g/mol. The van der Waals surface area contributed by atoms with Gasteiger partial charge in [0, 0.05) is 25.2 Å². The monoisotopic (exact) mass is 359 g/mol. The minimum atomic E-state index is -0.468. The van der Waals surface area contributed by atoms with Crippen molar-refractivity contribution >= 4 is 11.6 Å². The van der Waals surface area contributed by atoms with Gasteiger partial charge in [0.2, 0.25) is 0 Å². The summed E-state index contributed by atoms with van der Waals surface area (Å²) in [5, 5.41) is 14.6. The Kier molecular flexibility index (Phi) is 5.20. The van der Waals surface area contributed by atoms with Gasteiger partial charge in [-0.3, -0.25) is 14.9 Å². The Hall–Kier alpha value is -2.90. The molecule has 1 aromatic heterocycles. The van der Waals surface area contributed by atoms with E-state index in [2.05, 4.69) is 12.1 Å². The molecule has 0 spiro atoms. The molecular weight excluding hydrogens is 338 g/mol. The Balaban J connectivity index is 1.69. The van der Waals surface area contributed by atoms with Gasteiger partial charge >= 0.3 is 0 Å². The third kappa shape index (κ3) is 3.84. The van der Waals surface area contributed by atoms with E-state index >= 15 is 0 Å². The summed E-state index contributed by atoms with van der Waals surface area (Å²) in [7, 11) is 0. The molecule has 1 aromatic carbocycles. The van der Waals surface area contributed by atoms with Crippen LogP contribution in [0.1, 0.15) is 41.6 Å². The third-order valence-corrected chi connectivity index (χ3v) is 4.69. The Morgan fingerprint density at radius 2 is 2.00 bits per heavy atom. The SMILES string of the molecule is Cc1onc(C(=O)N2CCC(C)CC2)c1COc1ccc([N+](=O)[O-])cc1. The summed E-state index contributed by atoms with van der Waals surface area (Å²) >= 11 is 0. The van der Waals surface area contributed by atoms with Gasteiger partial charge in [0.05, 0.1) is 10.5 Å². The van der Waals surface area contributed by atoms with Crippen molar-refractivity contribution in [3.05, 3.63) is 51.4 Å². The molecule has 2 heterocycles. The first-order chi connectivity index (χ1) is 12.5. The molecular formula is C18H21N3O5. The standard InChI is InChI=1S/C18H21N3O5/c1-12-7-9-20(10-8-12)18(22)17-16(13(2)26-19-17)11-25-15-5-3-14(4-6-15)21(23)24/h3-6,12H,7-11H2,1-2H3. The molecule has 138 valence electrons. The molecule has 8 nitrogen and oxygen atoms in total. The fourth-order valence-corrected chi connectivity index (χ4v) is 2.91. The van der Waals surface area contributed by atoms with Gasteiger partial charge in [0.25, 0.3) is 11.6 Å². The van der Waals surface area contributed by atoms with Crippen LogP contribution < -0.4 is 4.74 Å². The van der Waals surface area contributed by atoms with Gasteiger partial charge in [0.1, 0.15) is 18.1 Å². The number of ether oxygens (including phenoxy) is 1. The van der Waals surface area contributed by atoms with Crippen molar-refractivity contribution < 1.29 is 19.0 Å². The maximum absolute atomic E-state index is 12.7. The molecule has 0 saturated carbocycles. The van der Waals surface area contributed by atoms with Gasteiger partial charge in [0.15, 0.2) is 5.69 Å². The highest BCUT2D eigenvalue weighted by molar-refractivity contribution is 5.93. The van der Waals surface area contributed by atoms with Crippen LogP contribution in [0.4, 0.5) is 5.69 Å². The van der Waals surface area contributed by atoms with E-state index in [4.69, 9.17) is 9.26 Å². The molecule has 0 radical (unpaired) electrons. The first-order valence-electron chi connectivity index (χ1n) is 8.57. The van der Waals surface area contributed by atoms with Crippen molar-refractivity contribution in [2.24, 2.45) is 5.92 Å². The van der Waals surface area contributed by atoms with E-state index in [9.17, 15) is 14.9 Å². The molecule has 8 heteroatoms. The van der Waals surface area contributed by atoms with Crippen LogP contribution in [0.15, 0.2) is 28.8 Å². The lowest BCUT2D eigenvalue weighted by molar-refractivity contribution is -0.384. The zero-order valence-corrected chi connectivity index (χ0v) is 14.8. The number of amides is 1. The largest absolute Gasteiger partial charge is 0.489 e. The fraction of sp³-hybridized carbons (Fsp3) is 0.444. The number of hydrogen-bond acceptors (Lipinski definition) is 6. The average Bonchev–Trinajstić information content (AvgIpc) is 3.01. The summed E-state index contributed by atoms with van der Waals surface area (Å²) in [5.41, 5.74) is 0.875. The first kappa shape index (κ1) is 17.9. The van der Waals surface area contributed by atoms with Gasteiger partial charge < -0.3 is 14.2 Å². The van der Waals surface area contributed by atoms with Gasteiger partial charge in [-0.1, -0.05) is 12.1 Å². The van der Waals surface area contributed by atoms with Crippen LogP contribution >= 0.6 is 0 Å². The Labute approximate surface area is 150 Å². The molecule has 0 atom stereocenters. The van der Waals surface area contributed by atoms with E-state index in [1.165, 1.54) is 24.3 Å². The molecule has 2 aromatic rings. The summed E-state index contributed by atoms with van der Waals surface area (Å²) in [6, 6.07) is 5.79. The van der Waals surface area contributed by atoms with Crippen molar-refractivity contribution in [3.63, 3.8) is 0 Å². The molecule has 1 fully saturated rings. The zero-order chi connectivity index (χ0) is 18.7. The lowest BCUT2D eigenvalue weighted by Crippen LogP contribution is -2.38. The van der Waals surface area contributed by atoms with Crippen molar-refractivity contribution in [2.75, 3.05) is 13.1 Å². The Morgan fingerprint density at radius 3 is 2.62 bits per heavy atom. The molecule has 0 unspecified atom stereocenters. The van der Waals surface area contributed by atoms with E-state index in [0.717, 1.165) is 12.8 Å². The highest BCUT2D eigenvalue weighted by Crippen LogP contribution is 2.23. The van der Waals surface area contributed by atoms with Crippen LogP contribution in [0.5, 0.6) is 5.75 Å². The van der Waals surface area contributed by atoms with Gasteiger partial charge in [-0.25, -0.2) is 0 Å². The number of benzene rings is 1. The topological polar surface area (TPSA) is 98.7 Å². The van der Waals surface area contributed by atoms with Gasteiger partial charge in [-0.05, 0) is 37.8 Å². The predicted molar refractivity (Wildman–Crippen MR) is 93.0 cm³/mol. The molecule has 0 bridgehead atoms. The predicted octanol–water partition coefficient (Wildman–Crippen LogP) is 3.34. The Morgan fingerprint density at radius 1 is 1.35 bits per heavy atom. The van der Waals surface area contributed by atoms with Crippen molar-refractivity contribution in [3.8, 4) is 5.75 Å². The van der Waals surface area contributed by atoms with Crippen molar-refractivity contribution in [1.29, 1.82) is 0 Å². The number of rotatable bonds is 5. The van der Waals surface area contributed by atoms with Crippen molar-refractivity contribution in [1.82, 2.24) is 10.1 Å². The molecule has 26 heavy (non-hydrogen) atoms. The van der Waals surface area contributed by atoms with E-state index in [1.54, 1.807) is 11.8 Å². The molecule has 3 rings (SSSR count). The van der Waals surface area contributed by atoms with E-state index in [1.807, 2.05) is 0 Å². The van der Waals surface area contributed by atoms with Crippen LogP contribution in [0.3, 0.4) is 0 Å². The number of likely N-dealkylation sites (tertiary alicyclic amines) is 1. The maximum Gasteiger partial charge on any atom is 0.276 e. The normalized spacial score (nSPS) is 15.1. The number of nitrogens with zero attached hydrogens (tertiary/aromatic N) is 3. The minimum Gasteiger partial charge on any atom is -0.489 e. The van der Waals surface area contributed by atoms with Crippen LogP contribution in [0.2, 0.25) is 0 Å². The highest BCUT2D eigenvalue weighted by Gasteiger charge is 2.27. The van der Waals surface area contributed by atoms with E-state index in [-0.39, 0.29) is 23.9 Å². The fourth-order valence-electron chi connectivity index (χ4n) is 2.91. The summed E-state index contributed by atoms with van der Waals surface area (Å²) < 4.78 is 10.9. The number of aryl methyl sites for hydroxylation is 1. The van der Waals surface area contributed by atoms with Crippen LogP contribution in [-0.2, 0) is 6.61 Å². The molecule has 1 saturated heterocycles. The molecule has 0 N–H and O–H groups in total. The lowest BCUT2D eigenvalue weighted by Gasteiger charge is -2.29. The number of carbonyl (C=O) groups excluding carboxylic acids is 1. The molecule has 1 aliphatic heterocycles. The summed E-state index contributed by atoms with van der Waals surface area (Å²) in [6.07, 6.45) is 1.97. The molecule has 0 aliphatic carbocycles. The number of nitro groups is 1. The second kappa shape index (κ2) is 7.55. The number of aromatic nitrogens is 1. The maximum atomic E-state index is 12.7. The first-order valence-corrected chi connectivity index (χ1v) is 8.57. The van der Waals surface area contributed by atoms with Crippen molar-refractivity contribution in [2.45, 2.75) is 33.3 Å². The second-order valence-corrected chi connectivity index (χ2v) is 6.58. The smallest absolute Gasteiger partial charge is 0.276 e. The lowest BCUT2D eigenvalue weighted by atomic mass is 9.99. The van der Waals surface area contributed by atoms with Crippen LogP contribution in [0, 0.1) is 23.0 Å². The minimum absolute atomic E-state index is 0.00583. The van der Waals surface area contributed by atoms with Gasteiger partial charge in [-0.2, -0.15) is 0 Å². The number of non-ortho nitro benzene ring substituents is 1. The summed E-state index contributed by atoms with van der Waals surface area (Å²) in [6.45, 7) is 5.46. The number of piperidine rings is 1. The number of hydrogen-bond donors (Lipinski definition) is 0. The highest BCUT2D eigenvalue weighted by atomic mass is 16.6. The summed E-state index contributed by atoms with van der Waals surface area (Å²) in [4.78, 5) is 24.8. The zero-order valence-electron chi connectivity index (χ0n) is 14.8. The molecule has 1 aliphatic rings. The third-order valence-electron chi connectivity index (χ3n) is 4.69. The summed E-state index contributed by atoms with van der Waals surface area (Å²) in [5.74, 6) is 1.49.